The van der Waals surface area contributed by atoms with Gasteiger partial charge in [-0.3, -0.25) is 4.79 Å². The van der Waals surface area contributed by atoms with Gasteiger partial charge in [0.05, 0.1) is 5.69 Å². The number of amides is 1. The summed E-state index contributed by atoms with van der Waals surface area (Å²) in [6.07, 6.45) is -2.24. The van der Waals surface area contributed by atoms with Crippen molar-refractivity contribution in [2.24, 2.45) is 0 Å². The fraction of sp³-hybridized carbons (Fsp3) is 0.417. The Morgan fingerprint density at radius 1 is 1.39 bits per heavy atom. The average Bonchev–Trinajstić information content (AvgIpc) is 2.35. The third kappa shape index (κ3) is 5.09. The number of para-hydroxylation sites is 2. The molecule has 0 atom stereocenters. The second kappa shape index (κ2) is 7.60. The lowest BCUT2D eigenvalue weighted by Gasteiger charge is -2.12. The fourth-order valence-electron chi connectivity index (χ4n) is 1.30. The highest BCUT2D eigenvalue weighted by molar-refractivity contribution is 5.92. The topological polar surface area (TPSA) is 50.4 Å². The van der Waals surface area contributed by atoms with E-state index in [4.69, 9.17) is 4.74 Å². The highest BCUT2D eigenvalue weighted by Crippen LogP contribution is 2.24. The maximum absolute atomic E-state index is 12.1. The molecular formula is C12H16F2N2O2. The predicted molar refractivity (Wildman–Crippen MR) is 65.1 cm³/mol. The van der Waals surface area contributed by atoms with E-state index in [9.17, 15) is 13.6 Å². The molecule has 1 aromatic carbocycles. The normalized spacial score (nSPS) is 10.4. The smallest absolute Gasteiger partial charge is 0.272 e. The van der Waals surface area contributed by atoms with Crippen molar-refractivity contribution in [1.29, 1.82) is 0 Å². The number of ether oxygens (including phenoxy) is 1. The molecule has 0 unspecified atom stereocenters. The molecule has 0 fully saturated rings. The summed E-state index contributed by atoms with van der Waals surface area (Å²) in [4.78, 5) is 11.5. The largest absolute Gasteiger partial charge is 0.485 e. The molecule has 0 aliphatic carbocycles. The van der Waals surface area contributed by atoms with Crippen molar-refractivity contribution in [3.63, 3.8) is 0 Å². The van der Waals surface area contributed by atoms with Gasteiger partial charge in [0.15, 0.2) is 0 Å². The van der Waals surface area contributed by atoms with Crippen LogP contribution >= 0.6 is 0 Å². The molecular weight excluding hydrogens is 242 g/mol. The summed E-state index contributed by atoms with van der Waals surface area (Å²) >= 11 is 0. The van der Waals surface area contributed by atoms with Crippen LogP contribution in [0.15, 0.2) is 24.3 Å². The third-order valence-corrected chi connectivity index (χ3v) is 2.13. The van der Waals surface area contributed by atoms with Crippen molar-refractivity contribution in [2.45, 2.75) is 12.8 Å². The van der Waals surface area contributed by atoms with Crippen LogP contribution in [0.4, 0.5) is 14.5 Å². The van der Waals surface area contributed by atoms with Gasteiger partial charge in [0, 0.05) is 13.0 Å². The van der Waals surface area contributed by atoms with E-state index in [2.05, 4.69) is 10.6 Å². The lowest BCUT2D eigenvalue weighted by molar-refractivity contribution is -0.116. The van der Waals surface area contributed by atoms with E-state index < -0.39 is 13.0 Å². The van der Waals surface area contributed by atoms with Crippen LogP contribution < -0.4 is 15.4 Å². The standard InChI is InChI=1S/C12H16F2N2O2/c1-15-7-6-12(17)16-9-4-2-3-5-10(9)18-8-11(13)14/h2-5,11,15H,6-8H2,1H3,(H,16,17). The summed E-state index contributed by atoms with van der Waals surface area (Å²) in [5.41, 5.74) is 0.402. The first kappa shape index (κ1) is 14.4. The number of hydrogen-bond donors (Lipinski definition) is 2. The lowest BCUT2D eigenvalue weighted by Crippen LogP contribution is -2.19. The molecule has 1 aromatic rings. The molecule has 0 radical (unpaired) electrons. The first-order chi connectivity index (χ1) is 8.63. The van der Waals surface area contributed by atoms with Gasteiger partial charge in [-0.15, -0.1) is 0 Å². The van der Waals surface area contributed by atoms with Gasteiger partial charge in [-0.2, -0.15) is 0 Å². The van der Waals surface area contributed by atoms with E-state index in [0.29, 0.717) is 18.7 Å². The van der Waals surface area contributed by atoms with Crippen LogP contribution in [0.5, 0.6) is 5.75 Å². The van der Waals surface area contributed by atoms with Crippen molar-refractivity contribution >= 4 is 11.6 Å². The van der Waals surface area contributed by atoms with Crippen molar-refractivity contribution in [3.8, 4) is 5.75 Å². The number of hydrogen-bond acceptors (Lipinski definition) is 3. The first-order valence-corrected chi connectivity index (χ1v) is 5.58. The number of halogens is 2. The van der Waals surface area contributed by atoms with Gasteiger partial charge in [0.25, 0.3) is 6.43 Å². The quantitative estimate of drug-likeness (QED) is 0.785. The minimum Gasteiger partial charge on any atom is -0.485 e. The van der Waals surface area contributed by atoms with E-state index in [1.165, 1.54) is 6.07 Å². The van der Waals surface area contributed by atoms with Gasteiger partial charge < -0.3 is 15.4 Å². The summed E-state index contributed by atoms with van der Waals surface area (Å²) in [6, 6.07) is 6.50. The highest BCUT2D eigenvalue weighted by atomic mass is 19.3. The Morgan fingerprint density at radius 2 is 2.11 bits per heavy atom. The number of benzene rings is 1. The number of nitrogens with one attached hydrogen (secondary N) is 2. The number of rotatable bonds is 7. The summed E-state index contributed by atoms with van der Waals surface area (Å²) in [5, 5.41) is 5.47. The fourth-order valence-corrected chi connectivity index (χ4v) is 1.30. The van der Waals surface area contributed by atoms with Gasteiger partial charge in [-0.25, -0.2) is 8.78 Å². The second-order valence-corrected chi connectivity index (χ2v) is 3.60. The number of carbonyl (C=O) groups excluding carboxylic acids is 1. The SMILES string of the molecule is CNCCC(=O)Nc1ccccc1OCC(F)F. The second-order valence-electron chi connectivity index (χ2n) is 3.60. The summed E-state index contributed by atoms with van der Waals surface area (Å²) < 4.78 is 29.0. The summed E-state index contributed by atoms with van der Waals surface area (Å²) in [5.74, 6) is 0.0491. The molecule has 0 aliphatic rings. The van der Waals surface area contributed by atoms with Gasteiger partial charge >= 0.3 is 0 Å². The Labute approximate surface area is 104 Å². The zero-order valence-electron chi connectivity index (χ0n) is 10.1. The van der Waals surface area contributed by atoms with Crippen molar-refractivity contribution in [1.82, 2.24) is 5.32 Å². The zero-order valence-corrected chi connectivity index (χ0v) is 10.1. The Morgan fingerprint density at radius 3 is 2.78 bits per heavy atom. The van der Waals surface area contributed by atoms with Gasteiger partial charge in [-0.1, -0.05) is 12.1 Å². The number of alkyl halides is 2. The van der Waals surface area contributed by atoms with Gasteiger partial charge in [0.2, 0.25) is 5.91 Å². The predicted octanol–water partition coefficient (Wildman–Crippen LogP) is 1.88. The maximum Gasteiger partial charge on any atom is 0.272 e. The van der Waals surface area contributed by atoms with Crippen LogP contribution in [0.3, 0.4) is 0 Å². The van der Waals surface area contributed by atoms with E-state index in [0.717, 1.165) is 0 Å². The number of carbonyl (C=O) groups is 1. The van der Waals surface area contributed by atoms with Crippen LogP contribution in [0.2, 0.25) is 0 Å². The Kier molecular flexibility index (Phi) is 6.07. The molecule has 4 nitrogen and oxygen atoms in total. The molecule has 1 amide bonds. The summed E-state index contributed by atoms with van der Waals surface area (Å²) in [7, 11) is 1.74. The highest BCUT2D eigenvalue weighted by Gasteiger charge is 2.09. The van der Waals surface area contributed by atoms with Crippen LogP contribution in [0.25, 0.3) is 0 Å². The third-order valence-electron chi connectivity index (χ3n) is 2.13. The zero-order chi connectivity index (χ0) is 13.4. The van der Waals surface area contributed by atoms with Gasteiger partial charge in [0.1, 0.15) is 12.4 Å². The monoisotopic (exact) mass is 258 g/mol. The van der Waals surface area contributed by atoms with Gasteiger partial charge in [-0.05, 0) is 19.2 Å². The Bertz CT molecular complexity index is 386. The molecule has 0 saturated heterocycles. The molecule has 18 heavy (non-hydrogen) atoms. The summed E-state index contributed by atoms with van der Waals surface area (Å²) in [6.45, 7) is -0.144. The Balaban J connectivity index is 2.61. The van der Waals surface area contributed by atoms with Crippen molar-refractivity contribution in [2.75, 3.05) is 25.5 Å². The molecule has 0 saturated carbocycles. The minimum atomic E-state index is -2.54. The molecule has 6 heteroatoms. The van der Waals surface area contributed by atoms with Crippen LogP contribution in [0, 0.1) is 0 Å². The van der Waals surface area contributed by atoms with Crippen molar-refractivity contribution in [3.05, 3.63) is 24.3 Å². The average molecular weight is 258 g/mol. The molecule has 0 bridgehead atoms. The van der Waals surface area contributed by atoms with E-state index in [1.807, 2.05) is 0 Å². The first-order valence-electron chi connectivity index (χ1n) is 5.58. The van der Waals surface area contributed by atoms with Crippen LogP contribution in [0.1, 0.15) is 6.42 Å². The molecule has 100 valence electrons. The van der Waals surface area contributed by atoms with E-state index >= 15 is 0 Å². The molecule has 0 aromatic heterocycles. The number of anilines is 1. The minimum absolute atomic E-state index is 0.197. The van der Waals surface area contributed by atoms with Crippen LogP contribution in [-0.2, 0) is 4.79 Å². The Hall–Kier alpha value is -1.69. The molecule has 0 spiro atoms. The molecule has 2 N–H and O–H groups in total. The van der Waals surface area contributed by atoms with E-state index in [1.54, 1.807) is 25.2 Å². The van der Waals surface area contributed by atoms with Crippen LogP contribution in [-0.4, -0.2) is 32.5 Å². The maximum atomic E-state index is 12.1. The lowest BCUT2D eigenvalue weighted by atomic mass is 10.2. The molecule has 0 heterocycles. The van der Waals surface area contributed by atoms with Crippen molar-refractivity contribution < 1.29 is 18.3 Å². The molecule has 1 rings (SSSR count). The van der Waals surface area contributed by atoms with E-state index in [-0.39, 0.29) is 11.7 Å². The molecule has 0 aliphatic heterocycles.